The molecule has 0 radical (unpaired) electrons. The molecule has 0 amide bonds. The molecule has 5 aromatic rings. The van der Waals surface area contributed by atoms with Crippen LogP contribution in [0.25, 0.3) is 44.2 Å². The zero-order valence-electron chi connectivity index (χ0n) is 20.8. The number of pyridine rings is 1. The highest BCUT2D eigenvalue weighted by Crippen LogP contribution is 2.43. The normalized spacial score (nSPS) is 12.4. The Morgan fingerprint density at radius 3 is 2.50 bits per heavy atom. The number of aryl methyl sites for hydroxylation is 1. The average Bonchev–Trinajstić information content (AvgIpc) is 3.30. The lowest BCUT2D eigenvalue weighted by Gasteiger charge is -2.23. The van der Waals surface area contributed by atoms with Crippen LogP contribution in [0.2, 0.25) is 0 Å². The van der Waals surface area contributed by atoms with Gasteiger partial charge in [-0.1, -0.05) is 59.0 Å². The lowest BCUT2D eigenvalue weighted by atomic mass is 9.85. The molecule has 0 saturated heterocycles. The molecule has 0 N–H and O–H groups in total. The number of rotatable bonds is 5. The molecule has 4 heteroatoms. The van der Waals surface area contributed by atoms with Gasteiger partial charge in [-0.3, -0.25) is 4.98 Å². The summed E-state index contributed by atoms with van der Waals surface area (Å²) in [5.41, 5.74) is 7.11. The van der Waals surface area contributed by atoms with E-state index in [4.69, 9.17) is 13.8 Å². The van der Waals surface area contributed by atoms with Gasteiger partial charge in [0.25, 0.3) is 0 Å². The van der Waals surface area contributed by atoms with Gasteiger partial charge in [-0.2, -0.15) is 0 Å². The van der Waals surface area contributed by atoms with Gasteiger partial charge in [0.1, 0.15) is 22.5 Å². The fourth-order valence-corrected chi connectivity index (χ4v) is 5.68. The molecule has 5 rings (SSSR count). The molecule has 0 spiro atoms. The van der Waals surface area contributed by atoms with Crippen LogP contribution >= 0.6 is 11.8 Å². The standard InChI is InChI=1S/C30H31NO2S/c1-8-34-25-12-9-19(16-22(25)30(5,6)7)28-26-24(13-14-31-28)33-23-11-10-20-21(15-17(2)3)18(4)32-29(20)27(23)26/h8-14,16-17H,1,15H2,2-7H3. The maximum absolute atomic E-state index is 6.40. The Morgan fingerprint density at radius 1 is 1.03 bits per heavy atom. The Morgan fingerprint density at radius 2 is 1.79 bits per heavy atom. The largest absolute Gasteiger partial charge is 0.460 e. The fraction of sp³-hybridized carbons (Fsp3) is 0.300. The van der Waals surface area contributed by atoms with Gasteiger partial charge in [-0.25, -0.2) is 0 Å². The number of fused-ring (bicyclic) bond motifs is 5. The van der Waals surface area contributed by atoms with E-state index in [2.05, 4.69) is 78.5 Å². The summed E-state index contributed by atoms with van der Waals surface area (Å²) in [6.07, 6.45) is 2.82. The van der Waals surface area contributed by atoms with Gasteiger partial charge >= 0.3 is 0 Å². The first-order valence-electron chi connectivity index (χ1n) is 11.8. The first-order chi connectivity index (χ1) is 16.2. The van der Waals surface area contributed by atoms with Crippen LogP contribution < -0.4 is 0 Å². The summed E-state index contributed by atoms with van der Waals surface area (Å²) < 4.78 is 12.7. The van der Waals surface area contributed by atoms with Crippen molar-refractivity contribution >= 4 is 44.7 Å². The van der Waals surface area contributed by atoms with Crippen LogP contribution in [-0.2, 0) is 11.8 Å². The van der Waals surface area contributed by atoms with E-state index in [-0.39, 0.29) is 5.41 Å². The van der Waals surface area contributed by atoms with E-state index in [0.717, 1.165) is 51.0 Å². The predicted octanol–water partition coefficient (Wildman–Crippen LogP) is 9.43. The maximum atomic E-state index is 6.40. The van der Waals surface area contributed by atoms with Gasteiger partial charge < -0.3 is 8.83 Å². The van der Waals surface area contributed by atoms with Crippen LogP contribution in [0.5, 0.6) is 0 Å². The van der Waals surface area contributed by atoms with Crippen molar-refractivity contribution in [2.75, 3.05) is 0 Å². The Hall–Kier alpha value is -2.98. The van der Waals surface area contributed by atoms with E-state index in [9.17, 15) is 0 Å². The SMILES string of the molecule is C=CSc1ccc(-c2nccc3oc4ccc5c(CC(C)C)c(C)oc5c4c23)cc1C(C)(C)C. The van der Waals surface area contributed by atoms with Crippen LogP contribution in [-0.4, -0.2) is 4.98 Å². The molecule has 0 aliphatic carbocycles. The molecule has 34 heavy (non-hydrogen) atoms. The highest BCUT2D eigenvalue weighted by atomic mass is 32.2. The van der Waals surface area contributed by atoms with Crippen molar-refractivity contribution in [2.24, 2.45) is 5.92 Å². The third kappa shape index (κ3) is 3.74. The Kier molecular flexibility index (Phi) is 5.60. The molecule has 0 aliphatic rings. The number of benzene rings is 2. The van der Waals surface area contributed by atoms with Crippen molar-refractivity contribution in [1.29, 1.82) is 0 Å². The second kappa shape index (κ2) is 8.35. The van der Waals surface area contributed by atoms with Crippen molar-refractivity contribution in [1.82, 2.24) is 4.98 Å². The van der Waals surface area contributed by atoms with E-state index >= 15 is 0 Å². The lowest BCUT2D eigenvalue weighted by Crippen LogP contribution is -2.12. The van der Waals surface area contributed by atoms with E-state index < -0.39 is 0 Å². The summed E-state index contributed by atoms with van der Waals surface area (Å²) in [7, 11) is 0. The molecular weight excluding hydrogens is 438 g/mol. The summed E-state index contributed by atoms with van der Waals surface area (Å²) in [5, 5.41) is 5.08. The van der Waals surface area contributed by atoms with Crippen LogP contribution in [0.1, 0.15) is 51.5 Å². The zero-order chi connectivity index (χ0) is 24.2. The van der Waals surface area contributed by atoms with Crippen molar-refractivity contribution in [3.05, 3.63) is 71.5 Å². The Bertz CT molecular complexity index is 1550. The number of furan rings is 2. The molecule has 0 saturated carbocycles. The van der Waals surface area contributed by atoms with Crippen LogP contribution in [0.15, 0.2) is 68.3 Å². The van der Waals surface area contributed by atoms with E-state index in [1.165, 1.54) is 21.4 Å². The number of nitrogens with zero attached hydrogens (tertiary/aromatic N) is 1. The number of hydrogen-bond donors (Lipinski definition) is 0. The summed E-state index contributed by atoms with van der Waals surface area (Å²) >= 11 is 1.66. The number of hydrogen-bond acceptors (Lipinski definition) is 4. The monoisotopic (exact) mass is 469 g/mol. The van der Waals surface area contributed by atoms with E-state index in [1.54, 1.807) is 11.8 Å². The predicted molar refractivity (Wildman–Crippen MR) is 145 cm³/mol. The minimum absolute atomic E-state index is 0.00908. The molecule has 0 bridgehead atoms. The second-order valence-corrected chi connectivity index (χ2v) is 11.4. The average molecular weight is 470 g/mol. The van der Waals surface area contributed by atoms with Crippen molar-refractivity contribution in [2.45, 2.75) is 58.3 Å². The lowest BCUT2D eigenvalue weighted by molar-refractivity contribution is 0.562. The maximum Gasteiger partial charge on any atom is 0.146 e. The Labute approximate surface area is 205 Å². The fourth-order valence-electron chi connectivity index (χ4n) is 4.86. The molecule has 3 nitrogen and oxygen atoms in total. The molecular formula is C30H31NO2S. The number of thioether (sulfide) groups is 1. The summed E-state index contributed by atoms with van der Waals surface area (Å²) in [6.45, 7) is 17.2. The van der Waals surface area contributed by atoms with Gasteiger partial charge in [0.15, 0.2) is 0 Å². The highest BCUT2D eigenvalue weighted by Gasteiger charge is 2.23. The smallest absolute Gasteiger partial charge is 0.146 e. The Balaban J connectivity index is 1.83. The first-order valence-corrected chi connectivity index (χ1v) is 12.7. The molecule has 0 fully saturated rings. The molecule has 0 aliphatic heterocycles. The third-order valence-electron chi connectivity index (χ3n) is 6.39. The molecule has 2 aromatic carbocycles. The van der Waals surface area contributed by atoms with E-state index in [0.29, 0.717) is 5.92 Å². The van der Waals surface area contributed by atoms with Crippen LogP contribution in [0.3, 0.4) is 0 Å². The molecule has 0 unspecified atom stereocenters. The second-order valence-electron chi connectivity index (χ2n) is 10.4. The molecule has 174 valence electrons. The summed E-state index contributed by atoms with van der Waals surface area (Å²) in [4.78, 5) is 6.07. The highest BCUT2D eigenvalue weighted by molar-refractivity contribution is 8.02. The van der Waals surface area contributed by atoms with Gasteiger partial charge in [0.2, 0.25) is 0 Å². The van der Waals surface area contributed by atoms with Crippen LogP contribution in [0.4, 0.5) is 0 Å². The van der Waals surface area contributed by atoms with Gasteiger partial charge in [-0.15, -0.1) is 0 Å². The van der Waals surface area contributed by atoms with Crippen molar-refractivity contribution in [3.63, 3.8) is 0 Å². The van der Waals surface area contributed by atoms with Gasteiger partial charge in [0.05, 0.1) is 16.5 Å². The quantitative estimate of drug-likeness (QED) is 0.240. The van der Waals surface area contributed by atoms with E-state index in [1.807, 2.05) is 17.7 Å². The van der Waals surface area contributed by atoms with Gasteiger partial charge in [0, 0.05) is 27.6 Å². The molecule has 0 atom stereocenters. The minimum atomic E-state index is -0.00908. The zero-order valence-corrected chi connectivity index (χ0v) is 21.6. The van der Waals surface area contributed by atoms with Crippen LogP contribution in [0, 0.1) is 12.8 Å². The molecule has 3 aromatic heterocycles. The van der Waals surface area contributed by atoms with Gasteiger partial charge in [-0.05, 0) is 66.0 Å². The first kappa shape index (κ1) is 22.8. The summed E-state index contributed by atoms with van der Waals surface area (Å²) in [5.74, 6) is 1.54. The topological polar surface area (TPSA) is 39.2 Å². The third-order valence-corrected chi connectivity index (χ3v) is 7.17. The van der Waals surface area contributed by atoms with Crippen molar-refractivity contribution < 1.29 is 8.83 Å². The minimum Gasteiger partial charge on any atom is -0.460 e. The van der Waals surface area contributed by atoms with Crippen molar-refractivity contribution in [3.8, 4) is 11.3 Å². The summed E-state index contributed by atoms with van der Waals surface area (Å²) in [6, 6.07) is 12.8. The molecule has 3 heterocycles. The number of aromatic nitrogens is 1.